The van der Waals surface area contributed by atoms with Crippen LogP contribution in [-0.4, -0.2) is 52.2 Å². The van der Waals surface area contributed by atoms with E-state index < -0.39 is 11.2 Å². The number of carbonyl (C=O) groups excluding carboxylic acids is 1. The second-order valence-corrected chi connectivity index (χ2v) is 6.82. The van der Waals surface area contributed by atoms with Gasteiger partial charge in [0.15, 0.2) is 5.78 Å². The molecule has 2 N–H and O–H groups in total. The van der Waals surface area contributed by atoms with Gasteiger partial charge in [-0.25, -0.2) is 4.79 Å². The van der Waals surface area contributed by atoms with Crippen molar-refractivity contribution in [3.05, 3.63) is 62.3 Å². The Kier molecular flexibility index (Phi) is 5.57. The summed E-state index contributed by atoms with van der Waals surface area (Å²) in [5.74, 6) is -0.470. The van der Waals surface area contributed by atoms with Crippen LogP contribution in [-0.2, 0) is 18.3 Å². The second-order valence-electron chi connectivity index (χ2n) is 6.82. The normalized spacial score (nSPS) is 17.8. The van der Waals surface area contributed by atoms with Crippen molar-refractivity contribution in [3.63, 3.8) is 0 Å². The Morgan fingerprint density at radius 3 is 2.63 bits per heavy atom. The predicted octanol–water partition coefficient (Wildman–Crippen LogP) is 0.0809. The first-order valence-corrected chi connectivity index (χ1v) is 8.89. The van der Waals surface area contributed by atoms with Crippen LogP contribution in [0, 0.1) is 0 Å². The van der Waals surface area contributed by atoms with Gasteiger partial charge in [-0.2, -0.15) is 0 Å². The molecule has 1 aromatic heterocycles. The van der Waals surface area contributed by atoms with Crippen LogP contribution < -0.4 is 17.0 Å². The van der Waals surface area contributed by atoms with Crippen LogP contribution in [0.15, 0.2) is 39.9 Å². The molecule has 144 valence electrons. The highest BCUT2D eigenvalue weighted by Gasteiger charge is 2.25. The Bertz CT molecular complexity index is 949. The molecular formula is C19H24N4O4. The summed E-state index contributed by atoms with van der Waals surface area (Å²) >= 11 is 0. The van der Waals surface area contributed by atoms with Crippen molar-refractivity contribution < 1.29 is 9.53 Å². The van der Waals surface area contributed by atoms with Crippen LogP contribution >= 0.6 is 0 Å². The molecule has 0 spiro atoms. The fourth-order valence-corrected chi connectivity index (χ4v) is 3.28. The summed E-state index contributed by atoms with van der Waals surface area (Å²) in [5.41, 5.74) is 5.64. The molecule has 0 bridgehead atoms. The number of carbonyl (C=O) groups is 1. The van der Waals surface area contributed by atoms with E-state index >= 15 is 0 Å². The minimum absolute atomic E-state index is 0.0266. The van der Waals surface area contributed by atoms with E-state index in [0.29, 0.717) is 19.7 Å². The van der Waals surface area contributed by atoms with Crippen LogP contribution in [0.25, 0.3) is 0 Å². The van der Waals surface area contributed by atoms with Crippen LogP contribution in [0.1, 0.15) is 22.8 Å². The number of rotatable bonds is 5. The van der Waals surface area contributed by atoms with Crippen LogP contribution in [0.3, 0.4) is 0 Å². The van der Waals surface area contributed by atoms with Crippen molar-refractivity contribution in [3.8, 4) is 0 Å². The smallest absolute Gasteiger partial charge is 0.332 e. The zero-order valence-corrected chi connectivity index (χ0v) is 15.6. The first-order valence-electron chi connectivity index (χ1n) is 8.89. The van der Waals surface area contributed by atoms with Gasteiger partial charge < -0.3 is 10.5 Å². The van der Waals surface area contributed by atoms with Gasteiger partial charge in [0.1, 0.15) is 11.4 Å². The van der Waals surface area contributed by atoms with Crippen molar-refractivity contribution in [2.75, 3.05) is 32.0 Å². The Hall–Kier alpha value is -2.71. The molecular weight excluding hydrogens is 348 g/mol. The minimum Gasteiger partial charge on any atom is -0.384 e. The molecule has 2 heterocycles. The molecule has 0 radical (unpaired) electrons. The number of aromatic nitrogens is 2. The zero-order chi connectivity index (χ0) is 19.6. The molecule has 1 aromatic carbocycles. The maximum Gasteiger partial charge on any atom is 0.332 e. The molecule has 2 aromatic rings. The molecule has 1 unspecified atom stereocenters. The van der Waals surface area contributed by atoms with Gasteiger partial charge in [0.25, 0.3) is 5.56 Å². The van der Waals surface area contributed by atoms with Gasteiger partial charge in [0.05, 0.1) is 25.8 Å². The number of ketones is 1. The number of benzene rings is 1. The number of nitrogens with two attached hydrogens (primary N) is 1. The van der Waals surface area contributed by atoms with Gasteiger partial charge in [-0.3, -0.25) is 23.6 Å². The molecule has 1 fully saturated rings. The first-order chi connectivity index (χ1) is 12.9. The van der Waals surface area contributed by atoms with E-state index in [1.165, 1.54) is 11.6 Å². The molecule has 1 saturated heterocycles. The van der Waals surface area contributed by atoms with Gasteiger partial charge in [0, 0.05) is 20.1 Å². The van der Waals surface area contributed by atoms with Crippen molar-refractivity contribution in [1.29, 1.82) is 0 Å². The van der Waals surface area contributed by atoms with Crippen LogP contribution in [0.2, 0.25) is 0 Å². The highest BCUT2D eigenvalue weighted by Crippen LogP contribution is 2.11. The third kappa shape index (κ3) is 4.01. The SMILES string of the molecule is CC1CN(CC(=O)c2c(N)n(Cc3ccccc3)c(=O)n(C)c2=O)CCO1. The summed E-state index contributed by atoms with van der Waals surface area (Å²) in [6.07, 6.45) is 0.0266. The Morgan fingerprint density at radius 2 is 1.96 bits per heavy atom. The number of nitrogens with zero attached hydrogens (tertiary/aromatic N) is 3. The number of Topliss-reactive ketones (excluding diaryl/α,β-unsaturated/α-hetero) is 1. The molecule has 3 rings (SSSR count). The lowest BCUT2D eigenvalue weighted by atomic mass is 10.1. The Balaban J connectivity index is 1.96. The Labute approximate surface area is 156 Å². The number of morpholine rings is 1. The van der Waals surface area contributed by atoms with Gasteiger partial charge >= 0.3 is 5.69 Å². The third-order valence-corrected chi connectivity index (χ3v) is 4.74. The van der Waals surface area contributed by atoms with Crippen LogP contribution in [0.5, 0.6) is 0 Å². The summed E-state index contributed by atoms with van der Waals surface area (Å²) < 4.78 is 7.68. The minimum atomic E-state index is -0.659. The van der Waals surface area contributed by atoms with Crippen LogP contribution in [0.4, 0.5) is 5.82 Å². The van der Waals surface area contributed by atoms with Gasteiger partial charge in [-0.15, -0.1) is 0 Å². The molecule has 1 aliphatic rings. The molecule has 0 aliphatic carbocycles. The summed E-state index contributed by atoms with van der Waals surface area (Å²) in [5, 5.41) is 0. The van der Waals surface area contributed by atoms with E-state index in [9.17, 15) is 14.4 Å². The van der Waals surface area contributed by atoms with Crippen molar-refractivity contribution in [1.82, 2.24) is 14.0 Å². The van der Waals surface area contributed by atoms with Gasteiger partial charge in [0.2, 0.25) is 0 Å². The lowest BCUT2D eigenvalue weighted by Gasteiger charge is -2.30. The van der Waals surface area contributed by atoms with Crippen molar-refractivity contribution >= 4 is 11.6 Å². The summed E-state index contributed by atoms with van der Waals surface area (Å²) in [6, 6.07) is 9.28. The number of nitrogen functional groups attached to an aromatic ring is 1. The maximum atomic E-state index is 12.8. The summed E-state index contributed by atoms with van der Waals surface area (Å²) in [6.45, 7) is 3.94. The third-order valence-electron chi connectivity index (χ3n) is 4.74. The van der Waals surface area contributed by atoms with Gasteiger partial charge in [-0.1, -0.05) is 30.3 Å². The quantitative estimate of drug-likeness (QED) is 0.747. The summed E-state index contributed by atoms with van der Waals surface area (Å²) in [4.78, 5) is 39.9. The van der Waals surface area contributed by atoms with Crippen molar-refractivity contribution in [2.45, 2.75) is 19.6 Å². The lowest BCUT2D eigenvalue weighted by Crippen LogP contribution is -2.47. The fourth-order valence-electron chi connectivity index (χ4n) is 3.28. The fraction of sp³-hybridized carbons (Fsp3) is 0.421. The Morgan fingerprint density at radius 1 is 1.26 bits per heavy atom. The molecule has 8 heteroatoms. The summed E-state index contributed by atoms with van der Waals surface area (Å²) in [7, 11) is 1.36. The highest BCUT2D eigenvalue weighted by molar-refractivity contribution is 6.01. The van der Waals surface area contributed by atoms with E-state index in [-0.39, 0.29) is 36.4 Å². The number of ether oxygens (including phenoxy) is 1. The molecule has 1 aliphatic heterocycles. The standard InChI is InChI=1S/C19H24N4O4/c1-13-10-22(8-9-27-13)12-15(24)16-17(20)23(19(26)21(2)18(16)25)11-14-6-4-3-5-7-14/h3-7,13H,8-12,20H2,1-2H3. The molecule has 27 heavy (non-hydrogen) atoms. The topological polar surface area (TPSA) is 99.6 Å². The zero-order valence-electron chi connectivity index (χ0n) is 15.6. The number of anilines is 1. The monoisotopic (exact) mass is 372 g/mol. The average molecular weight is 372 g/mol. The molecule has 8 nitrogen and oxygen atoms in total. The van der Waals surface area contributed by atoms with Gasteiger partial charge in [-0.05, 0) is 12.5 Å². The number of hydrogen-bond donors (Lipinski definition) is 1. The van der Waals surface area contributed by atoms with E-state index in [2.05, 4.69) is 0 Å². The highest BCUT2D eigenvalue weighted by atomic mass is 16.5. The molecule has 0 amide bonds. The largest absolute Gasteiger partial charge is 0.384 e. The van der Waals surface area contributed by atoms with Crippen molar-refractivity contribution in [2.24, 2.45) is 7.05 Å². The molecule has 0 saturated carbocycles. The van der Waals surface area contributed by atoms with E-state index in [0.717, 1.165) is 10.1 Å². The van der Waals surface area contributed by atoms with E-state index in [1.807, 2.05) is 42.2 Å². The molecule has 1 atom stereocenters. The average Bonchev–Trinajstić information content (AvgIpc) is 2.64. The van der Waals surface area contributed by atoms with E-state index in [1.54, 1.807) is 0 Å². The van der Waals surface area contributed by atoms with E-state index in [4.69, 9.17) is 10.5 Å². The predicted molar refractivity (Wildman–Crippen MR) is 102 cm³/mol. The maximum absolute atomic E-state index is 12.8. The lowest BCUT2D eigenvalue weighted by molar-refractivity contribution is -0.0158. The first kappa shape index (κ1) is 19.1. The second kappa shape index (κ2) is 7.89. The number of hydrogen-bond acceptors (Lipinski definition) is 6.